The van der Waals surface area contributed by atoms with E-state index >= 15 is 0 Å². The van der Waals surface area contributed by atoms with Crippen molar-refractivity contribution in [2.75, 3.05) is 6.61 Å². The van der Waals surface area contributed by atoms with Gasteiger partial charge in [0.15, 0.2) is 11.5 Å². The van der Waals surface area contributed by atoms with Gasteiger partial charge in [0.05, 0.1) is 0 Å². The summed E-state index contributed by atoms with van der Waals surface area (Å²) in [4.78, 5) is 0. The summed E-state index contributed by atoms with van der Waals surface area (Å²) in [6.45, 7) is 0.0444. The van der Waals surface area contributed by atoms with E-state index in [1.807, 2.05) is 60.7 Å². The molecule has 1 aliphatic rings. The van der Waals surface area contributed by atoms with E-state index in [4.69, 9.17) is 9.47 Å². The maximum absolute atomic E-state index is 9.84. The fourth-order valence-corrected chi connectivity index (χ4v) is 4.09. The molecular formula is C27H22O3. The second-order valence-electron chi connectivity index (χ2n) is 7.35. The van der Waals surface area contributed by atoms with Gasteiger partial charge < -0.3 is 14.6 Å². The third kappa shape index (κ3) is 3.44. The quantitative estimate of drug-likeness (QED) is 0.363. The van der Waals surface area contributed by atoms with Crippen LogP contribution in [0.2, 0.25) is 0 Å². The van der Waals surface area contributed by atoms with Gasteiger partial charge in [-0.05, 0) is 65.4 Å². The normalized spacial score (nSPS) is 11.6. The molecule has 30 heavy (non-hydrogen) atoms. The van der Waals surface area contributed by atoms with Gasteiger partial charge in [-0.25, -0.2) is 0 Å². The lowest BCUT2D eigenvalue weighted by Gasteiger charge is -2.19. The minimum atomic E-state index is 0.0444. The fraction of sp³-hybridized carbons (Fsp3) is 0.111. The Hall–Kier alpha value is -3.56. The monoisotopic (exact) mass is 394 g/mol. The van der Waals surface area contributed by atoms with Crippen molar-refractivity contribution in [1.29, 1.82) is 0 Å². The van der Waals surface area contributed by atoms with Gasteiger partial charge >= 0.3 is 0 Å². The molecule has 0 amide bonds. The number of aliphatic hydroxyl groups is 1. The summed E-state index contributed by atoms with van der Waals surface area (Å²) in [6.07, 6.45) is 1.34. The van der Waals surface area contributed by atoms with Crippen LogP contribution in [0, 0.1) is 0 Å². The molecule has 0 saturated carbocycles. The number of rotatable bonds is 6. The summed E-state index contributed by atoms with van der Waals surface area (Å²) >= 11 is 0. The number of aliphatic hydroxyl groups excluding tert-OH is 1. The third-order valence-corrected chi connectivity index (χ3v) is 5.43. The first-order valence-corrected chi connectivity index (χ1v) is 10.2. The average Bonchev–Trinajstić information content (AvgIpc) is 3.16. The van der Waals surface area contributed by atoms with E-state index in [0.29, 0.717) is 17.9 Å². The summed E-state index contributed by atoms with van der Waals surface area (Å²) in [7, 11) is 0. The second kappa shape index (κ2) is 8.05. The van der Waals surface area contributed by atoms with Crippen molar-refractivity contribution in [3.05, 3.63) is 108 Å². The van der Waals surface area contributed by atoms with E-state index in [2.05, 4.69) is 30.3 Å². The highest BCUT2D eigenvalue weighted by Gasteiger charge is 2.27. The van der Waals surface area contributed by atoms with Gasteiger partial charge in [-0.15, -0.1) is 0 Å². The Morgan fingerprint density at radius 2 is 1.33 bits per heavy atom. The SMILES string of the molecule is OCCc1c2c(cc(Oc3ccccc3)c1Oc1ccccc1)-c1ccccc1C2. The van der Waals surface area contributed by atoms with Gasteiger partial charge in [0.25, 0.3) is 0 Å². The van der Waals surface area contributed by atoms with Crippen molar-refractivity contribution in [1.82, 2.24) is 0 Å². The van der Waals surface area contributed by atoms with Crippen LogP contribution in [-0.2, 0) is 12.8 Å². The number of hydrogen-bond donors (Lipinski definition) is 1. The molecule has 0 unspecified atom stereocenters. The largest absolute Gasteiger partial charge is 0.453 e. The molecule has 5 rings (SSSR count). The highest BCUT2D eigenvalue weighted by molar-refractivity contribution is 5.81. The molecule has 0 aliphatic heterocycles. The maximum Gasteiger partial charge on any atom is 0.173 e. The van der Waals surface area contributed by atoms with E-state index in [-0.39, 0.29) is 6.61 Å². The molecule has 0 spiro atoms. The maximum atomic E-state index is 9.84. The lowest BCUT2D eigenvalue weighted by molar-refractivity contribution is 0.297. The summed E-state index contributed by atoms with van der Waals surface area (Å²) in [6, 6.07) is 29.9. The van der Waals surface area contributed by atoms with Crippen molar-refractivity contribution < 1.29 is 14.6 Å². The summed E-state index contributed by atoms with van der Waals surface area (Å²) in [5.41, 5.74) is 5.86. The molecule has 4 aromatic carbocycles. The van der Waals surface area contributed by atoms with Crippen LogP contribution in [0.1, 0.15) is 16.7 Å². The predicted molar refractivity (Wildman–Crippen MR) is 119 cm³/mol. The smallest absolute Gasteiger partial charge is 0.173 e. The van der Waals surface area contributed by atoms with Crippen molar-refractivity contribution in [2.24, 2.45) is 0 Å². The van der Waals surface area contributed by atoms with Gasteiger partial charge in [0.1, 0.15) is 11.5 Å². The van der Waals surface area contributed by atoms with Gasteiger partial charge in [-0.3, -0.25) is 0 Å². The number of hydrogen-bond acceptors (Lipinski definition) is 3. The molecule has 3 nitrogen and oxygen atoms in total. The summed E-state index contributed by atoms with van der Waals surface area (Å²) in [5, 5.41) is 9.84. The molecular weight excluding hydrogens is 372 g/mol. The summed E-state index contributed by atoms with van der Waals surface area (Å²) in [5.74, 6) is 2.82. The van der Waals surface area contributed by atoms with Gasteiger partial charge in [0.2, 0.25) is 0 Å². The van der Waals surface area contributed by atoms with E-state index in [1.165, 1.54) is 16.7 Å². The Bertz CT molecular complexity index is 1170. The number of ether oxygens (including phenoxy) is 2. The first-order chi connectivity index (χ1) is 14.8. The van der Waals surface area contributed by atoms with Crippen LogP contribution in [-0.4, -0.2) is 11.7 Å². The van der Waals surface area contributed by atoms with Crippen LogP contribution in [0.25, 0.3) is 11.1 Å². The molecule has 0 saturated heterocycles. The van der Waals surface area contributed by atoms with Crippen LogP contribution < -0.4 is 9.47 Å². The highest BCUT2D eigenvalue weighted by atomic mass is 16.5. The van der Waals surface area contributed by atoms with Crippen molar-refractivity contribution >= 4 is 0 Å². The first kappa shape index (κ1) is 18.5. The zero-order valence-electron chi connectivity index (χ0n) is 16.5. The molecule has 0 aromatic heterocycles. The zero-order chi connectivity index (χ0) is 20.3. The molecule has 0 fully saturated rings. The number of fused-ring (bicyclic) bond motifs is 3. The molecule has 1 N–H and O–H groups in total. The third-order valence-electron chi connectivity index (χ3n) is 5.43. The Morgan fingerprint density at radius 3 is 2.03 bits per heavy atom. The standard InChI is InChI=1S/C27H22O3/c28-16-15-23-24-17-19-9-7-8-14-22(19)25(24)18-26(29-20-10-3-1-4-11-20)27(23)30-21-12-5-2-6-13-21/h1-14,18,28H,15-17H2. The van der Waals surface area contributed by atoms with Gasteiger partial charge in [0, 0.05) is 12.2 Å². The molecule has 4 aromatic rings. The molecule has 1 aliphatic carbocycles. The van der Waals surface area contributed by atoms with Crippen molar-refractivity contribution in [2.45, 2.75) is 12.8 Å². The lowest BCUT2D eigenvalue weighted by atomic mass is 9.97. The lowest BCUT2D eigenvalue weighted by Crippen LogP contribution is -2.03. The van der Waals surface area contributed by atoms with Crippen LogP contribution in [0.5, 0.6) is 23.0 Å². The molecule has 0 heterocycles. The molecule has 148 valence electrons. The Balaban J connectivity index is 1.69. The fourth-order valence-electron chi connectivity index (χ4n) is 4.09. The van der Waals surface area contributed by atoms with Gasteiger partial charge in [-0.2, -0.15) is 0 Å². The number of benzene rings is 4. The van der Waals surface area contributed by atoms with Crippen molar-refractivity contribution in [3.63, 3.8) is 0 Å². The van der Waals surface area contributed by atoms with E-state index < -0.39 is 0 Å². The zero-order valence-corrected chi connectivity index (χ0v) is 16.5. The van der Waals surface area contributed by atoms with Crippen LogP contribution >= 0.6 is 0 Å². The predicted octanol–water partition coefficient (Wildman–Crippen LogP) is 6.38. The van der Waals surface area contributed by atoms with Crippen LogP contribution in [0.3, 0.4) is 0 Å². The van der Waals surface area contributed by atoms with E-state index in [9.17, 15) is 5.11 Å². The molecule has 0 atom stereocenters. The minimum absolute atomic E-state index is 0.0444. The summed E-state index contributed by atoms with van der Waals surface area (Å²) < 4.78 is 12.7. The highest BCUT2D eigenvalue weighted by Crippen LogP contribution is 2.48. The van der Waals surface area contributed by atoms with Crippen LogP contribution in [0.4, 0.5) is 0 Å². The van der Waals surface area contributed by atoms with Crippen molar-refractivity contribution in [3.8, 4) is 34.1 Å². The van der Waals surface area contributed by atoms with E-state index in [1.54, 1.807) is 0 Å². The van der Waals surface area contributed by atoms with E-state index in [0.717, 1.165) is 29.0 Å². The topological polar surface area (TPSA) is 38.7 Å². The Kier molecular flexibility index (Phi) is 4.96. The van der Waals surface area contributed by atoms with Gasteiger partial charge in [-0.1, -0.05) is 60.7 Å². The molecule has 0 radical (unpaired) electrons. The second-order valence-corrected chi connectivity index (χ2v) is 7.35. The molecule has 0 bridgehead atoms. The Morgan fingerprint density at radius 1 is 0.700 bits per heavy atom. The Labute approximate surface area is 176 Å². The number of para-hydroxylation sites is 2. The molecule has 3 heteroatoms. The minimum Gasteiger partial charge on any atom is -0.453 e. The van der Waals surface area contributed by atoms with Crippen LogP contribution in [0.15, 0.2) is 91.0 Å². The average molecular weight is 394 g/mol. The first-order valence-electron chi connectivity index (χ1n) is 10.2.